The summed E-state index contributed by atoms with van der Waals surface area (Å²) in [6, 6.07) is 1.36. The first-order chi connectivity index (χ1) is 6.86. The van der Waals surface area contributed by atoms with Gasteiger partial charge in [0.25, 0.3) is 5.56 Å². The van der Waals surface area contributed by atoms with Crippen LogP contribution in [0.25, 0.3) is 11.5 Å². The van der Waals surface area contributed by atoms with Crippen LogP contribution in [0, 0.1) is 0 Å². The van der Waals surface area contributed by atoms with Crippen molar-refractivity contribution in [1.82, 2.24) is 19.9 Å². The van der Waals surface area contributed by atoms with Gasteiger partial charge < -0.3 is 9.97 Å². The van der Waals surface area contributed by atoms with Crippen molar-refractivity contribution in [3.8, 4) is 11.5 Å². The van der Waals surface area contributed by atoms with E-state index in [1.165, 1.54) is 18.6 Å². The fourth-order valence-electron chi connectivity index (χ4n) is 0.892. The predicted molar refractivity (Wildman–Crippen MR) is 53.8 cm³/mol. The second kappa shape index (κ2) is 4.96. The largest absolute Gasteiger partial charge is 0.342 e. The molecule has 0 aliphatic heterocycles. The summed E-state index contributed by atoms with van der Waals surface area (Å²) < 4.78 is 0. The van der Waals surface area contributed by atoms with Gasteiger partial charge in [0.15, 0.2) is 5.82 Å². The molecule has 0 saturated heterocycles. The van der Waals surface area contributed by atoms with Gasteiger partial charge in [0.1, 0.15) is 5.69 Å². The van der Waals surface area contributed by atoms with E-state index in [0.717, 1.165) is 0 Å². The Balaban J connectivity index is 0.000000461. The third kappa shape index (κ3) is 2.29. The molecule has 0 aliphatic carbocycles. The molecule has 2 aromatic heterocycles. The summed E-state index contributed by atoms with van der Waals surface area (Å²) in [5.41, 5.74) is 0.530. The van der Waals surface area contributed by atoms with Crippen LogP contribution in [0.3, 0.4) is 0 Å². The molecule has 0 radical (unpaired) electrons. The lowest BCUT2D eigenvalue weighted by molar-refractivity contribution is 1.11. The normalized spacial score (nSPS) is 9.00. The maximum atomic E-state index is 10.9. The summed E-state index contributed by atoms with van der Waals surface area (Å²) in [4.78, 5) is 24.0. The molecule has 0 unspecified atom stereocenters. The first kappa shape index (κ1) is 10.2. The van der Waals surface area contributed by atoms with Crippen molar-refractivity contribution in [3.05, 3.63) is 35.1 Å². The van der Waals surface area contributed by atoms with Gasteiger partial charge in [-0.1, -0.05) is 13.8 Å². The van der Waals surface area contributed by atoms with Crippen LogP contribution in [0.15, 0.2) is 29.6 Å². The molecule has 2 aromatic rings. The molecule has 0 atom stereocenters. The third-order valence-corrected chi connectivity index (χ3v) is 1.42. The zero-order chi connectivity index (χ0) is 10.4. The van der Waals surface area contributed by atoms with Gasteiger partial charge in [0.2, 0.25) is 0 Å². The van der Waals surface area contributed by atoms with E-state index >= 15 is 0 Å². The molecule has 0 amide bonds. The van der Waals surface area contributed by atoms with Crippen LogP contribution in [-0.4, -0.2) is 19.9 Å². The highest BCUT2D eigenvalue weighted by Gasteiger charge is 1.98. The molecule has 5 heteroatoms. The molecule has 0 bridgehead atoms. The SMILES string of the molecule is CC.O=c1ccnc(-c2cnc[nH]2)[nH]1. The lowest BCUT2D eigenvalue weighted by Crippen LogP contribution is -2.05. The summed E-state index contributed by atoms with van der Waals surface area (Å²) in [6.45, 7) is 4.00. The monoisotopic (exact) mass is 192 g/mol. The molecule has 0 saturated carbocycles. The van der Waals surface area contributed by atoms with Crippen LogP contribution in [-0.2, 0) is 0 Å². The molecule has 0 spiro atoms. The lowest BCUT2D eigenvalue weighted by atomic mass is 10.4. The maximum absolute atomic E-state index is 10.9. The Kier molecular flexibility index (Phi) is 3.60. The first-order valence-corrected chi connectivity index (χ1v) is 4.40. The summed E-state index contributed by atoms with van der Waals surface area (Å²) in [5.74, 6) is 0.500. The Hall–Kier alpha value is -1.91. The summed E-state index contributed by atoms with van der Waals surface area (Å²) >= 11 is 0. The van der Waals surface area contributed by atoms with E-state index in [2.05, 4.69) is 19.9 Å². The van der Waals surface area contributed by atoms with Gasteiger partial charge in [-0.2, -0.15) is 0 Å². The summed E-state index contributed by atoms with van der Waals surface area (Å²) in [6.07, 6.45) is 4.58. The van der Waals surface area contributed by atoms with E-state index in [1.54, 1.807) is 6.20 Å². The number of nitrogens with zero attached hydrogens (tertiary/aromatic N) is 2. The smallest absolute Gasteiger partial charge is 0.251 e. The highest BCUT2D eigenvalue weighted by molar-refractivity contribution is 5.45. The van der Waals surface area contributed by atoms with E-state index in [4.69, 9.17) is 0 Å². The Morgan fingerprint density at radius 1 is 1.36 bits per heavy atom. The number of H-pyrrole nitrogens is 2. The molecule has 5 nitrogen and oxygen atoms in total. The summed E-state index contributed by atoms with van der Waals surface area (Å²) in [5, 5.41) is 0. The molecule has 2 heterocycles. The van der Waals surface area contributed by atoms with Crippen LogP contribution in [0.1, 0.15) is 13.8 Å². The van der Waals surface area contributed by atoms with Crippen molar-refractivity contribution in [3.63, 3.8) is 0 Å². The number of aromatic nitrogens is 4. The topological polar surface area (TPSA) is 74.4 Å². The van der Waals surface area contributed by atoms with Gasteiger partial charge >= 0.3 is 0 Å². The van der Waals surface area contributed by atoms with Crippen molar-refractivity contribution in [2.75, 3.05) is 0 Å². The highest BCUT2D eigenvalue weighted by Crippen LogP contribution is 2.05. The van der Waals surface area contributed by atoms with Crippen molar-refractivity contribution >= 4 is 0 Å². The van der Waals surface area contributed by atoms with Gasteiger partial charge in [0.05, 0.1) is 12.5 Å². The third-order valence-electron chi connectivity index (χ3n) is 1.42. The minimum Gasteiger partial charge on any atom is -0.342 e. The molecule has 74 valence electrons. The van der Waals surface area contributed by atoms with Crippen LogP contribution in [0.5, 0.6) is 0 Å². The fraction of sp³-hybridized carbons (Fsp3) is 0.222. The van der Waals surface area contributed by atoms with Crippen LogP contribution in [0.2, 0.25) is 0 Å². The number of hydrogen-bond donors (Lipinski definition) is 2. The molecular weight excluding hydrogens is 180 g/mol. The molecule has 14 heavy (non-hydrogen) atoms. The minimum atomic E-state index is -0.172. The Morgan fingerprint density at radius 2 is 2.14 bits per heavy atom. The highest BCUT2D eigenvalue weighted by atomic mass is 16.1. The Morgan fingerprint density at radius 3 is 2.71 bits per heavy atom. The van der Waals surface area contributed by atoms with E-state index in [0.29, 0.717) is 11.5 Å². The zero-order valence-electron chi connectivity index (χ0n) is 8.11. The minimum absolute atomic E-state index is 0.172. The number of aromatic amines is 2. The molecule has 0 aliphatic rings. The zero-order valence-corrected chi connectivity index (χ0v) is 8.11. The maximum Gasteiger partial charge on any atom is 0.251 e. The quantitative estimate of drug-likeness (QED) is 0.712. The van der Waals surface area contributed by atoms with Crippen molar-refractivity contribution < 1.29 is 0 Å². The Labute approximate surface area is 81.3 Å². The second-order valence-corrected chi connectivity index (χ2v) is 2.25. The predicted octanol–water partition coefficient (Wildman–Crippen LogP) is 1.19. The number of hydrogen-bond acceptors (Lipinski definition) is 3. The van der Waals surface area contributed by atoms with Gasteiger partial charge in [-0.15, -0.1) is 0 Å². The summed E-state index contributed by atoms with van der Waals surface area (Å²) in [7, 11) is 0. The molecule has 2 N–H and O–H groups in total. The van der Waals surface area contributed by atoms with Gasteiger partial charge in [0, 0.05) is 12.3 Å². The average molecular weight is 192 g/mol. The van der Waals surface area contributed by atoms with E-state index in [-0.39, 0.29) is 5.56 Å². The molecule has 0 aromatic carbocycles. The van der Waals surface area contributed by atoms with Gasteiger partial charge in [-0.3, -0.25) is 4.79 Å². The molecule has 0 fully saturated rings. The van der Waals surface area contributed by atoms with Crippen molar-refractivity contribution in [2.24, 2.45) is 0 Å². The first-order valence-electron chi connectivity index (χ1n) is 4.40. The number of imidazole rings is 1. The van der Waals surface area contributed by atoms with Gasteiger partial charge in [-0.25, -0.2) is 9.97 Å². The fourth-order valence-corrected chi connectivity index (χ4v) is 0.892. The van der Waals surface area contributed by atoms with E-state index < -0.39 is 0 Å². The van der Waals surface area contributed by atoms with E-state index in [9.17, 15) is 4.79 Å². The number of nitrogens with one attached hydrogen (secondary N) is 2. The lowest BCUT2D eigenvalue weighted by Gasteiger charge is -1.92. The van der Waals surface area contributed by atoms with Crippen LogP contribution >= 0.6 is 0 Å². The Bertz CT molecular complexity index is 418. The molecule has 2 rings (SSSR count). The average Bonchev–Trinajstić information content (AvgIpc) is 2.74. The van der Waals surface area contributed by atoms with Crippen molar-refractivity contribution in [2.45, 2.75) is 13.8 Å². The van der Waals surface area contributed by atoms with E-state index in [1.807, 2.05) is 13.8 Å². The molecular formula is C9H12N4O. The van der Waals surface area contributed by atoms with Gasteiger partial charge in [-0.05, 0) is 0 Å². The number of rotatable bonds is 1. The van der Waals surface area contributed by atoms with Crippen molar-refractivity contribution in [1.29, 1.82) is 0 Å². The van der Waals surface area contributed by atoms with Crippen LogP contribution in [0.4, 0.5) is 0 Å². The standard InChI is InChI=1S/C7H6N4O.C2H6/c12-6-1-2-9-7(11-6)5-3-8-4-10-5;1-2/h1-4H,(H,8,10)(H,9,11,12);1-2H3. The van der Waals surface area contributed by atoms with Crippen LogP contribution < -0.4 is 5.56 Å². The second-order valence-electron chi connectivity index (χ2n) is 2.25.